The number of carbonyl (C=O) groups is 1. The predicted molar refractivity (Wildman–Crippen MR) is 74.5 cm³/mol. The van der Waals surface area contributed by atoms with Crippen LogP contribution in [0.25, 0.3) is 0 Å². The molecule has 1 atom stereocenters. The van der Waals surface area contributed by atoms with Crippen molar-refractivity contribution in [2.75, 3.05) is 13.1 Å². The van der Waals surface area contributed by atoms with Gasteiger partial charge in [0.1, 0.15) is 0 Å². The number of nitro groups is 1. The fourth-order valence-corrected chi connectivity index (χ4v) is 2.25. The van der Waals surface area contributed by atoms with Gasteiger partial charge in [0.15, 0.2) is 0 Å². The van der Waals surface area contributed by atoms with E-state index in [1.807, 2.05) is 17.0 Å². The van der Waals surface area contributed by atoms with Gasteiger partial charge in [-0.2, -0.15) is 0 Å². The molecular formula is C12H14Cl2N2O3. The molecule has 104 valence electrons. The first-order valence-electron chi connectivity index (χ1n) is 5.71. The van der Waals surface area contributed by atoms with Gasteiger partial charge in [-0.25, -0.2) is 0 Å². The maximum Gasteiger partial charge on any atom is 0.252 e. The molecule has 19 heavy (non-hydrogen) atoms. The third-order valence-electron chi connectivity index (χ3n) is 3.13. The fourth-order valence-electron chi connectivity index (χ4n) is 2.13. The number of carbonyl (C=O) groups excluding carboxylic acids is 1. The Morgan fingerprint density at radius 3 is 2.53 bits per heavy atom. The van der Waals surface area contributed by atoms with E-state index in [0.717, 1.165) is 12.1 Å². The standard InChI is InChI=1S/C12H13ClN2O3.ClH/c13-12(16)10-3-1-9(2-4-10)7-14-6-5-11(8-14)15(17)18;/h1-4,11H,5-8H2;1H. The molecule has 1 aliphatic heterocycles. The largest absolute Gasteiger partial charge is 0.292 e. The summed E-state index contributed by atoms with van der Waals surface area (Å²) < 4.78 is 0. The molecule has 0 spiro atoms. The molecule has 0 bridgehead atoms. The van der Waals surface area contributed by atoms with Crippen molar-refractivity contribution in [1.82, 2.24) is 4.90 Å². The number of nitrogens with zero attached hydrogens (tertiary/aromatic N) is 2. The lowest BCUT2D eigenvalue weighted by molar-refractivity contribution is -0.518. The Kier molecular flexibility index (Phi) is 5.72. The lowest BCUT2D eigenvalue weighted by atomic mass is 10.1. The van der Waals surface area contributed by atoms with Crippen LogP contribution in [0.2, 0.25) is 0 Å². The van der Waals surface area contributed by atoms with Crippen LogP contribution in [0.3, 0.4) is 0 Å². The van der Waals surface area contributed by atoms with Gasteiger partial charge in [-0.15, -0.1) is 12.4 Å². The van der Waals surface area contributed by atoms with E-state index in [2.05, 4.69) is 0 Å². The molecule has 1 aliphatic rings. The SMILES string of the molecule is Cl.O=C(Cl)c1ccc(CN2CCC([N+](=O)[O-])C2)cc1. The molecule has 0 N–H and O–H groups in total. The molecular weight excluding hydrogens is 291 g/mol. The highest BCUT2D eigenvalue weighted by Crippen LogP contribution is 2.16. The van der Waals surface area contributed by atoms with Crippen LogP contribution in [0.4, 0.5) is 0 Å². The molecule has 0 radical (unpaired) electrons. The van der Waals surface area contributed by atoms with Crippen molar-refractivity contribution in [2.24, 2.45) is 0 Å². The summed E-state index contributed by atoms with van der Waals surface area (Å²) in [5.41, 5.74) is 1.49. The highest BCUT2D eigenvalue weighted by molar-refractivity contribution is 6.67. The first-order valence-corrected chi connectivity index (χ1v) is 6.08. The number of likely N-dealkylation sites (tertiary alicyclic amines) is 1. The molecule has 1 fully saturated rings. The normalized spacial score (nSPS) is 18.9. The summed E-state index contributed by atoms with van der Waals surface area (Å²) in [4.78, 5) is 23.4. The Morgan fingerprint density at radius 1 is 1.42 bits per heavy atom. The molecule has 1 unspecified atom stereocenters. The minimum atomic E-state index is -0.476. The smallest absolute Gasteiger partial charge is 0.252 e. The molecule has 7 heteroatoms. The van der Waals surface area contributed by atoms with E-state index >= 15 is 0 Å². The van der Waals surface area contributed by atoms with Crippen molar-refractivity contribution in [3.05, 3.63) is 45.5 Å². The molecule has 0 aromatic heterocycles. The molecule has 1 saturated heterocycles. The van der Waals surface area contributed by atoms with Crippen molar-refractivity contribution in [2.45, 2.75) is 19.0 Å². The summed E-state index contributed by atoms with van der Waals surface area (Å²) in [7, 11) is 0. The lowest BCUT2D eigenvalue weighted by Crippen LogP contribution is -2.25. The van der Waals surface area contributed by atoms with Crippen molar-refractivity contribution < 1.29 is 9.72 Å². The summed E-state index contributed by atoms with van der Waals surface area (Å²) in [5.74, 6) is 0. The van der Waals surface area contributed by atoms with Gasteiger partial charge in [0, 0.05) is 30.0 Å². The van der Waals surface area contributed by atoms with Crippen LogP contribution in [0, 0.1) is 10.1 Å². The Bertz CT molecular complexity index is 465. The Hall–Kier alpha value is -1.17. The van der Waals surface area contributed by atoms with Gasteiger partial charge in [-0.05, 0) is 29.3 Å². The van der Waals surface area contributed by atoms with Gasteiger partial charge in [-0.3, -0.25) is 19.8 Å². The van der Waals surface area contributed by atoms with Crippen molar-refractivity contribution in [3.63, 3.8) is 0 Å². The second-order valence-electron chi connectivity index (χ2n) is 4.43. The van der Waals surface area contributed by atoms with Crippen LogP contribution in [-0.4, -0.2) is 34.2 Å². The number of rotatable bonds is 4. The highest BCUT2D eigenvalue weighted by atomic mass is 35.5. The molecule has 1 aromatic carbocycles. The Morgan fingerprint density at radius 2 is 2.05 bits per heavy atom. The number of hydrogen-bond acceptors (Lipinski definition) is 4. The van der Waals surface area contributed by atoms with E-state index in [9.17, 15) is 14.9 Å². The summed E-state index contributed by atoms with van der Waals surface area (Å²) in [6.45, 7) is 1.89. The van der Waals surface area contributed by atoms with Crippen LogP contribution in [0.15, 0.2) is 24.3 Å². The second-order valence-corrected chi connectivity index (χ2v) is 4.78. The van der Waals surface area contributed by atoms with Crippen LogP contribution in [0.1, 0.15) is 22.3 Å². The van der Waals surface area contributed by atoms with Crippen molar-refractivity contribution in [3.8, 4) is 0 Å². The van der Waals surface area contributed by atoms with E-state index in [0.29, 0.717) is 25.1 Å². The Labute approximate surface area is 122 Å². The van der Waals surface area contributed by atoms with Gasteiger partial charge >= 0.3 is 0 Å². The first-order chi connectivity index (χ1) is 8.56. The van der Waals surface area contributed by atoms with E-state index in [1.54, 1.807) is 12.1 Å². The quantitative estimate of drug-likeness (QED) is 0.486. The van der Waals surface area contributed by atoms with Crippen LogP contribution in [0.5, 0.6) is 0 Å². The van der Waals surface area contributed by atoms with Gasteiger partial charge in [0.05, 0.1) is 6.54 Å². The topological polar surface area (TPSA) is 63.5 Å². The average Bonchev–Trinajstić information content (AvgIpc) is 2.78. The summed E-state index contributed by atoms with van der Waals surface area (Å²) in [6.07, 6.45) is 0.602. The van der Waals surface area contributed by atoms with E-state index < -0.39 is 11.3 Å². The molecule has 1 aromatic rings. The molecule has 0 aliphatic carbocycles. The zero-order valence-corrected chi connectivity index (χ0v) is 11.7. The van der Waals surface area contributed by atoms with Crippen LogP contribution >= 0.6 is 24.0 Å². The maximum atomic E-state index is 10.9. The zero-order chi connectivity index (χ0) is 13.1. The van der Waals surface area contributed by atoms with Crippen LogP contribution < -0.4 is 0 Å². The monoisotopic (exact) mass is 304 g/mol. The first kappa shape index (κ1) is 15.9. The highest BCUT2D eigenvalue weighted by Gasteiger charge is 2.30. The number of hydrogen-bond donors (Lipinski definition) is 0. The average molecular weight is 305 g/mol. The summed E-state index contributed by atoms with van der Waals surface area (Å²) in [5, 5.41) is 10.2. The lowest BCUT2D eigenvalue weighted by Gasteiger charge is -2.14. The third-order valence-corrected chi connectivity index (χ3v) is 3.35. The number of halogens is 2. The minimum absolute atomic E-state index is 0. The van der Waals surface area contributed by atoms with Crippen LogP contribution in [-0.2, 0) is 6.54 Å². The van der Waals surface area contributed by atoms with E-state index in [-0.39, 0.29) is 17.3 Å². The summed E-state index contributed by atoms with van der Waals surface area (Å²) >= 11 is 5.36. The molecule has 0 amide bonds. The third kappa shape index (κ3) is 4.16. The molecule has 1 heterocycles. The predicted octanol–water partition coefficient (Wildman–Crippen LogP) is 2.34. The van der Waals surface area contributed by atoms with Gasteiger partial charge in [0.25, 0.3) is 5.24 Å². The van der Waals surface area contributed by atoms with Gasteiger partial charge in [0.2, 0.25) is 6.04 Å². The number of benzene rings is 1. The fraction of sp³-hybridized carbons (Fsp3) is 0.417. The van der Waals surface area contributed by atoms with Gasteiger partial charge < -0.3 is 0 Å². The minimum Gasteiger partial charge on any atom is -0.292 e. The summed E-state index contributed by atoms with van der Waals surface area (Å²) in [6, 6.07) is 6.55. The molecule has 2 rings (SSSR count). The second kappa shape index (κ2) is 6.84. The van der Waals surface area contributed by atoms with Crippen molar-refractivity contribution >= 4 is 29.3 Å². The van der Waals surface area contributed by atoms with E-state index in [1.165, 1.54) is 0 Å². The Balaban J connectivity index is 0.00000180. The zero-order valence-electron chi connectivity index (χ0n) is 10.1. The van der Waals surface area contributed by atoms with Crippen molar-refractivity contribution in [1.29, 1.82) is 0 Å². The maximum absolute atomic E-state index is 10.9. The van der Waals surface area contributed by atoms with Gasteiger partial charge in [-0.1, -0.05) is 12.1 Å². The molecule has 0 saturated carbocycles. The molecule has 5 nitrogen and oxygen atoms in total. The van der Waals surface area contributed by atoms with E-state index in [4.69, 9.17) is 11.6 Å².